The van der Waals surface area contributed by atoms with Crippen molar-refractivity contribution in [3.63, 3.8) is 0 Å². The minimum absolute atomic E-state index is 0.0528. The smallest absolute Gasteiger partial charge is 0.265 e. The summed E-state index contributed by atoms with van der Waals surface area (Å²) < 4.78 is 0. The van der Waals surface area contributed by atoms with Crippen LogP contribution in [0.25, 0.3) is 0 Å². The Morgan fingerprint density at radius 2 is 1.35 bits per heavy atom. The van der Waals surface area contributed by atoms with Gasteiger partial charge in [-0.05, 0) is 78.0 Å². The quantitative estimate of drug-likeness (QED) is 0.409. The number of benzene rings is 3. The molecule has 0 aliphatic carbocycles. The standard InChI is InChI=1S/C27H21N3O3S/c31-25(19-7-11-22(12-8-19)29-26(32)24-6-3-17-34-24)28-21-13-9-20(10-14-21)27(33)30-16-15-18-4-1-2-5-23(18)30/h1-14,17H,15-16H2,(H,28,31)(H,29,32). The second-order valence-corrected chi connectivity index (χ2v) is 8.82. The van der Waals surface area contributed by atoms with Crippen molar-refractivity contribution in [2.24, 2.45) is 0 Å². The number of hydrogen-bond donors (Lipinski definition) is 2. The van der Waals surface area contributed by atoms with Crippen LogP contribution in [-0.4, -0.2) is 24.3 Å². The van der Waals surface area contributed by atoms with Gasteiger partial charge in [0, 0.05) is 34.7 Å². The molecule has 0 saturated carbocycles. The molecule has 0 saturated heterocycles. The highest BCUT2D eigenvalue weighted by Gasteiger charge is 2.25. The molecule has 0 spiro atoms. The highest BCUT2D eigenvalue weighted by molar-refractivity contribution is 7.12. The van der Waals surface area contributed by atoms with Crippen molar-refractivity contribution in [2.45, 2.75) is 6.42 Å². The van der Waals surface area contributed by atoms with E-state index in [1.54, 1.807) is 59.5 Å². The summed E-state index contributed by atoms with van der Waals surface area (Å²) in [4.78, 5) is 40.1. The Hall–Kier alpha value is -4.23. The van der Waals surface area contributed by atoms with Crippen molar-refractivity contribution in [1.82, 2.24) is 0 Å². The number of anilines is 3. The molecule has 1 aromatic heterocycles. The molecule has 3 amide bonds. The Kier molecular flexibility index (Phi) is 5.93. The Bertz CT molecular complexity index is 1350. The monoisotopic (exact) mass is 467 g/mol. The van der Waals surface area contributed by atoms with Crippen LogP contribution in [0.5, 0.6) is 0 Å². The van der Waals surface area contributed by atoms with Crippen LogP contribution in [0.2, 0.25) is 0 Å². The predicted molar refractivity (Wildman–Crippen MR) is 135 cm³/mol. The van der Waals surface area contributed by atoms with E-state index in [0.717, 1.165) is 12.1 Å². The van der Waals surface area contributed by atoms with Crippen molar-refractivity contribution in [3.05, 3.63) is 112 Å². The largest absolute Gasteiger partial charge is 0.322 e. The van der Waals surface area contributed by atoms with E-state index < -0.39 is 0 Å². The van der Waals surface area contributed by atoms with Gasteiger partial charge in [-0.25, -0.2) is 0 Å². The summed E-state index contributed by atoms with van der Waals surface area (Å²) in [6.07, 6.45) is 0.854. The van der Waals surface area contributed by atoms with Crippen LogP contribution in [0.15, 0.2) is 90.3 Å². The number of hydrogen-bond acceptors (Lipinski definition) is 4. The number of fused-ring (bicyclic) bond motifs is 1. The van der Waals surface area contributed by atoms with Crippen molar-refractivity contribution in [2.75, 3.05) is 22.1 Å². The third-order valence-electron chi connectivity index (χ3n) is 5.67. The highest BCUT2D eigenvalue weighted by Crippen LogP contribution is 2.29. The molecule has 7 heteroatoms. The Labute approximate surface area is 200 Å². The van der Waals surface area contributed by atoms with Crippen LogP contribution in [0.1, 0.15) is 36.0 Å². The molecule has 0 radical (unpaired) electrons. The number of carbonyl (C=O) groups excluding carboxylic acids is 3. The van der Waals surface area contributed by atoms with Crippen LogP contribution < -0.4 is 15.5 Å². The summed E-state index contributed by atoms with van der Waals surface area (Å²) in [7, 11) is 0. The summed E-state index contributed by atoms with van der Waals surface area (Å²) in [5, 5.41) is 7.50. The fourth-order valence-electron chi connectivity index (χ4n) is 3.91. The maximum atomic E-state index is 13.0. The Morgan fingerprint density at radius 3 is 2.03 bits per heavy atom. The number of nitrogens with one attached hydrogen (secondary N) is 2. The van der Waals surface area contributed by atoms with E-state index in [9.17, 15) is 14.4 Å². The van der Waals surface area contributed by atoms with Crippen molar-refractivity contribution < 1.29 is 14.4 Å². The van der Waals surface area contributed by atoms with Gasteiger partial charge in [-0.15, -0.1) is 11.3 Å². The molecular formula is C27H21N3O3S. The molecule has 5 rings (SSSR count). The van der Waals surface area contributed by atoms with Gasteiger partial charge in [-0.2, -0.15) is 0 Å². The van der Waals surface area contributed by atoms with Gasteiger partial charge < -0.3 is 15.5 Å². The van der Waals surface area contributed by atoms with E-state index >= 15 is 0 Å². The molecule has 2 heterocycles. The fraction of sp³-hybridized carbons (Fsp3) is 0.0741. The van der Waals surface area contributed by atoms with Gasteiger partial charge in [0.05, 0.1) is 4.88 Å². The van der Waals surface area contributed by atoms with E-state index in [1.165, 1.54) is 16.9 Å². The molecule has 3 aromatic carbocycles. The zero-order valence-corrected chi connectivity index (χ0v) is 19.0. The summed E-state index contributed by atoms with van der Waals surface area (Å²) in [5.41, 5.74) is 4.37. The molecule has 0 atom stereocenters. The number of para-hydroxylation sites is 1. The molecule has 6 nitrogen and oxygen atoms in total. The maximum absolute atomic E-state index is 13.0. The van der Waals surface area contributed by atoms with Crippen molar-refractivity contribution in [1.29, 1.82) is 0 Å². The number of rotatable bonds is 5. The lowest BCUT2D eigenvalue weighted by Gasteiger charge is -2.17. The molecule has 4 aromatic rings. The average Bonchev–Trinajstić information content (AvgIpc) is 3.55. The first-order chi connectivity index (χ1) is 16.6. The zero-order valence-electron chi connectivity index (χ0n) is 18.2. The van der Waals surface area contributed by atoms with E-state index in [4.69, 9.17) is 0 Å². The van der Waals surface area contributed by atoms with Gasteiger partial charge in [0.15, 0.2) is 0 Å². The van der Waals surface area contributed by atoms with Crippen LogP contribution in [-0.2, 0) is 6.42 Å². The van der Waals surface area contributed by atoms with Gasteiger partial charge in [-0.3, -0.25) is 14.4 Å². The van der Waals surface area contributed by atoms with Gasteiger partial charge in [0.25, 0.3) is 17.7 Å². The molecule has 34 heavy (non-hydrogen) atoms. The molecular weight excluding hydrogens is 446 g/mol. The fourth-order valence-corrected chi connectivity index (χ4v) is 4.53. The van der Waals surface area contributed by atoms with Gasteiger partial charge in [0.1, 0.15) is 0 Å². The van der Waals surface area contributed by atoms with E-state index in [2.05, 4.69) is 10.6 Å². The highest BCUT2D eigenvalue weighted by atomic mass is 32.1. The number of thiophene rings is 1. The van der Waals surface area contributed by atoms with E-state index in [-0.39, 0.29) is 17.7 Å². The molecule has 168 valence electrons. The second kappa shape index (κ2) is 9.33. The van der Waals surface area contributed by atoms with Gasteiger partial charge >= 0.3 is 0 Å². The minimum Gasteiger partial charge on any atom is -0.322 e. The zero-order chi connectivity index (χ0) is 23.5. The van der Waals surface area contributed by atoms with E-state index in [1.807, 2.05) is 35.7 Å². The molecule has 1 aliphatic rings. The third kappa shape index (κ3) is 4.46. The summed E-state index contributed by atoms with van der Waals surface area (Å²) >= 11 is 1.37. The maximum Gasteiger partial charge on any atom is 0.265 e. The first-order valence-electron chi connectivity index (χ1n) is 10.8. The summed E-state index contributed by atoms with van der Waals surface area (Å²) in [6.45, 7) is 0.667. The van der Waals surface area contributed by atoms with Crippen LogP contribution in [0, 0.1) is 0 Å². The lowest BCUT2D eigenvalue weighted by Crippen LogP contribution is -2.28. The SMILES string of the molecule is O=C(Nc1ccc(C(=O)N2CCc3ccccc32)cc1)c1ccc(NC(=O)c2cccs2)cc1. The molecule has 2 N–H and O–H groups in total. The Morgan fingerprint density at radius 1 is 0.706 bits per heavy atom. The molecule has 1 aliphatic heterocycles. The van der Waals surface area contributed by atoms with Crippen LogP contribution in [0.4, 0.5) is 17.1 Å². The number of amides is 3. The van der Waals surface area contributed by atoms with Gasteiger partial charge in [0.2, 0.25) is 0 Å². The second-order valence-electron chi connectivity index (χ2n) is 7.88. The summed E-state index contributed by atoms with van der Waals surface area (Å²) in [5.74, 6) is -0.508. The van der Waals surface area contributed by atoms with Crippen LogP contribution >= 0.6 is 11.3 Å². The normalized spacial score (nSPS) is 12.2. The predicted octanol–water partition coefficient (Wildman–Crippen LogP) is 5.46. The average molecular weight is 468 g/mol. The van der Waals surface area contributed by atoms with Crippen LogP contribution in [0.3, 0.4) is 0 Å². The molecule has 0 bridgehead atoms. The summed E-state index contributed by atoms with van der Waals surface area (Å²) in [6, 6.07) is 25.1. The first kappa shape index (κ1) is 21.6. The van der Waals surface area contributed by atoms with Crippen molar-refractivity contribution in [3.8, 4) is 0 Å². The molecule has 0 fully saturated rings. The topological polar surface area (TPSA) is 78.5 Å². The Balaban J connectivity index is 1.21. The number of nitrogens with zero attached hydrogens (tertiary/aromatic N) is 1. The number of carbonyl (C=O) groups is 3. The van der Waals surface area contributed by atoms with Gasteiger partial charge in [-0.1, -0.05) is 24.3 Å². The lowest BCUT2D eigenvalue weighted by molar-refractivity contribution is 0.0987. The van der Waals surface area contributed by atoms with Crippen molar-refractivity contribution >= 4 is 46.1 Å². The van der Waals surface area contributed by atoms with E-state index in [0.29, 0.717) is 33.9 Å². The lowest BCUT2D eigenvalue weighted by atomic mass is 10.1. The minimum atomic E-state index is -0.274. The first-order valence-corrected chi connectivity index (χ1v) is 11.7. The molecule has 0 unspecified atom stereocenters. The third-order valence-corrected chi connectivity index (χ3v) is 6.54.